The van der Waals surface area contributed by atoms with Crippen molar-refractivity contribution >= 4 is 54.2 Å². The Hall–Kier alpha value is -3.02. The van der Waals surface area contributed by atoms with Crippen LogP contribution in [0.4, 0.5) is 10.8 Å². The largest absolute Gasteiger partial charge is 0.494 e. The Morgan fingerprint density at radius 3 is 2.56 bits per heavy atom. The van der Waals surface area contributed by atoms with Gasteiger partial charge in [-0.05, 0) is 87.9 Å². The van der Waals surface area contributed by atoms with Gasteiger partial charge in [0.15, 0.2) is 5.13 Å². The molecular weight excluding hydrogens is 536 g/mol. The first kappa shape index (κ1) is 26.2. The number of hydrogen-bond donors (Lipinski definition) is 1. The number of sulfonamides is 1. The number of nitrogens with one attached hydrogen (secondary N) is 1. The quantitative estimate of drug-likeness (QED) is 0.452. The van der Waals surface area contributed by atoms with E-state index in [9.17, 15) is 18.0 Å². The minimum Gasteiger partial charge on any atom is -0.494 e. The molecule has 3 aromatic rings. The van der Waals surface area contributed by atoms with Gasteiger partial charge in [0.2, 0.25) is 21.8 Å². The van der Waals surface area contributed by atoms with Gasteiger partial charge in [0, 0.05) is 36.7 Å². The average Bonchev–Trinajstić information content (AvgIpc) is 3.62. The summed E-state index contributed by atoms with van der Waals surface area (Å²) in [4.78, 5) is 32.3. The van der Waals surface area contributed by atoms with Gasteiger partial charge in [0.1, 0.15) is 5.75 Å². The molecule has 3 heterocycles. The van der Waals surface area contributed by atoms with E-state index in [0.29, 0.717) is 31.0 Å². The number of rotatable bonds is 7. The van der Waals surface area contributed by atoms with Crippen LogP contribution >= 0.6 is 11.3 Å². The van der Waals surface area contributed by atoms with Crippen molar-refractivity contribution < 1.29 is 22.7 Å². The Kier molecular flexibility index (Phi) is 6.84. The first-order valence-electron chi connectivity index (χ1n) is 13.5. The topological polar surface area (TPSA) is 109 Å². The number of fused-ring (bicyclic) bond motifs is 2. The van der Waals surface area contributed by atoms with E-state index in [2.05, 4.69) is 10.3 Å². The lowest BCUT2D eigenvalue weighted by atomic mass is 9.97. The van der Waals surface area contributed by atoms with Crippen LogP contribution in [0.5, 0.6) is 5.75 Å². The number of piperidine rings is 1. The number of carbonyl (C=O) groups excluding carboxylic acids is 2. The smallest absolute Gasteiger partial charge is 0.243 e. The zero-order chi connectivity index (χ0) is 27.3. The van der Waals surface area contributed by atoms with Crippen molar-refractivity contribution in [3.05, 3.63) is 42.0 Å². The molecule has 39 heavy (non-hydrogen) atoms. The van der Waals surface area contributed by atoms with Crippen LogP contribution in [-0.2, 0) is 26.0 Å². The van der Waals surface area contributed by atoms with Crippen LogP contribution in [0.2, 0.25) is 0 Å². The Bertz CT molecular complexity index is 1540. The third kappa shape index (κ3) is 5.03. The summed E-state index contributed by atoms with van der Waals surface area (Å²) in [5.74, 6) is 0.608. The van der Waals surface area contributed by atoms with Crippen molar-refractivity contribution in [1.82, 2.24) is 9.29 Å². The van der Waals surface area contributed by atoms with Crippen molar-refractivity contribution in [3.63, 3.8) is 0 Å². The Labute approximate surface area is 232 Å². The monoisotopic (exact) mass is 568 g/mol. The molecule has 0 spiro atoms. The molecule has 0 radical (unpaired) electrons. The number of benzene rings is 2. The number of amides is 2. The second-order valence-electron chi connectivity index (χ2n) is 10.6. The predicted molar refractivity (Wildman–Crippen MR) is 151 cm³/mol. The number of thiazole rings is 1. The van der Waals surface area contributed by atoms with Crippen LogP contribution in [0, 0.1) is 11.8 Å². The Morgan fingerprint density at radius 1 is 1.08 bits per heavy atom. The molecule has 1 saturated carbocycles. The summed E-state index contributed by atoms with van der Waals surface area (Å²) in [6.07, 6.45) is 3.41. The van der Waals surface area contributed by atoms with Gasteiger partial charge in [-0.1, -0.05) is 11.3 Å². The normalized spacial score (nSPS) is 20.3. The van der Waals surface area contributed by atoms with Crippen molar-refractivity contribution in [2.24, 2.45) is 11.8 Å². The third-order valence-electron chi connectivity index (χ3n) is 7.79. The molecule has 3 aliphatic rings. The molecular formula is C28H32N4O5S2. The fourth-order valence-electron chi connectivity index (χ4n) is 5.56. The first-order chi connectivity index (χ1) is 18.7. The van der Waals surface area contributed by atoms with E-state index >= 15 is 0 Å². The van der Waals surface area contributed by atoms with E-state index in [0.717, 1.165) is 40.1 Å². The molecule has 1 N–H and O–H groups in total. The highest BCUT2D eigenvalue weighted by atomic mass is 32.2. The number of carbonyl (C=O) groups is 2. The first-order valence-corrected chi connectivity index (χ1v) is 15.8. The lowest BCUT2D eigenvalue weighted by molar-refractivity contribution is -0.121. The van der Waals surface area contributed by atoms with E-state index in [4.69, 9.17) is 4.74 Å². The van der Waals surface area contributed by atoms with Crippen molar-refractivity contribution in [2.45, 2.75) is 56.9 Å². The second kappa shape index (κ2) is 10.2. The highest BCUT2D eigenvalue weighted by Gasteiger charge is 2.40. The number of nitrogens with zero attached hydrogens (tertiary/aromatic N) is 3. The average molecular weight is 569 g/mol. The molecule has 1 unspecified atom stereocenters. The lowest BCUT2D eigenvalue weighted by Gasteiger charge is -2.30. The minimum absolute atomic E-state index is 0.0301. The molecule has 1 atom stereocenters. The van der Waals surface area contributed by atoms with Crippen molar-refractivity contribution in [3.8, 4) is 5.75 Å². The SMILES string of the molecule is CCOc1ccc2nc(NC(=O)C3CCN(S(=O)(=O)c4ccc5c(c4)CC(C)N5C(=O)C4CC4)CC3)sc2c1. The number of anilines is 2. The van der Waals surface area contributed by atoms with Crippen LogP contribution in [0.3, 0.4) is 0 Å². The van der Waals surface area contributed by atoms with Crippen LogP contribution < -0.4 is 15.0 Å². The maximum Gasteiger partial charge on any atom is 0.243 e. The zero-order valence-corrected chi connectivity index (χ0v) is 23.7. The van der Waals surface area contributed by atoms with Gasteiger partial charge < -0.3 is 15.0 Å². The van der Waals surface area contributed by atoms with Gasteiger partial charge in [-0.3, -0.25) is 9.59 Å². The van der Waals surface area contributed by atoms with Crippen LogP contribution in [0.1, 0.15) is 45.1 Å². The van der Waals surface area contributed by atoms with E-state index in [1.54, 1.807) is 18.2 Å². The van der Waals surface area contributed by atoms with Gasteiger partial charge in [0.25, 0.3) is 0 Å². The van der Waals surface area contributed by atoms with E-state index in [1.165, 1.54) is 15.6 Å². The third-order valence-corrected chi connectivity index (χ3v) is 10.6. The molecule has 2 aliphatic heterocycles. The molecule has 9 nitrogen and oxygen atoms in total. The number of ether oxygens (including phenoxy) is 1. The Morgan fingerprint density at radius 2 is 1.85 bits per heavy atom. The summed E-state index contributed by atoms with van der Waals surface area (Å²) < 4.78 is 34.9. The van der Waals surface area contributed by atoms with Gasteiger partial charge in [0.05, 0.1) is 21.7 Å². The lowest BCUT2D eigenvalue weighted by Crippen LogP contribution is -2.41. The highest BCUT2D eigenvalue weighted by Crippen LogP contribution is 2.40. The van der Waals surface area contributed by atoms with Crippen LogP contribution in [0.15, 0.2) is 41.3 Å². The molecule has 206 valence electrons. The predicted octanol–water partition coefficient (Wildman–Crippen LogP) is 4.42. The summed E-state index contributed by atoms with van der Waals surface area (Å²) in [6.45, 7) is 5.07. The second-order valence-corrected chi connectivity index (χ2v) is 13.5. The summed E-state index contributed by atoms with van der Waals surface area (Å²) in [6, 6.07) is 10.8. The molecule has 2 fully saturated rings. The molecule has 6 rings (SSSR count). The molecule has 11 heteroatoms. The molecule has 2 amide bonds. The molecule has 2 aromatic carbocycles. The van der Waals surface area contributed by atoms with Crippen LogP contribution in [-0.4, -0.2) is 55.3 Å². The fourth-order valence-corrected chi connectivity index (χ4v) is 7.98. The van der Waals surface area contributed by atoms with Crippen molar-refractivity contribution in [1.29, 1.82) is 0 Å². The number of hydrogen-bond acceptors (Lipinski definition) is 7. The van der Waals surface area contributed by atoms with Gasteiger partial charge in [-0.2, -0.15) is 4.31 Å². The van der Waals surface area contributed by atoms with Crippen molar-refractivity contribution in [2.75, 3.05) is 29.9 Å². The summed E-state index contributed by atoms with van der Waals surface area (Å²) in [5.41, 5.74) is 2.53. The van der Waals surface area contributed by atoms with E-state index < -0.39 is 10.0 Å². The van der Waals surface area contributed by atoms with Gasteiger partial charge in [-0.15, -0.1) is 0 Å². The molecule has 1 saturated heterocycles. The maximum absolute atomic E-state index is 13.5. The zero-order valence-electron chi connectivity index (χ0n) is 22.1. The van der Waals surface area contributed by atoms with Crippen LogP contribution in [0.25, 0.3) is 10.2 Å². The number of aromatic nitrogens is 1. The minimum atomic E-state index is -3.70. The standard InChI is InChI=1S/C28H32N4O5S2/c1-3-37-21-6-8-23-25(16-21)38-28(29-23)30-26(33)18-10-12-31(13-11-18)39(35,36)22-7-9-24-20(15-22)14-17(2)32(24)27(34)19-4-5-19/h6-9,15-19H,3-5,10-14H2,1-2H3,(H,29,30,33). The fraction of sp³-hybridized carbons (Fsp3) is 0.464. The van der Waals surface area contributed by atoms with Gasteiger partial charge >= 0.3 is 0 Å². The van der Waals surface area contributed by atoms with E-state index in [1.807, 2.05) is 36.9 Å². The maximum atomic E-state index is 13.5. The molecule has 1 aliphatic carbocycles. The van der Waals surface area contributed by atoms with Gasteiger partial charge in [-0.25, -0.2) is 13.4 Å². The highest BCUT2D eigenvalue weighted by molar-refractivity contribution is 7.89. The molecule has 1 aromatic heterocycles. The summed E-state index contributed by atoms with van der Waals surface area (Å²) in [7, 11) is -3.70. The summed E-state index contributed by atoms with van der Waals surface area (Å²) >= 11 is 1.39. The van der Waals surface area contributed by atoms with E-state index in [-0.39, 0.29) is 47.7 Å². The molecule has 0 bridgehead atoms. The Balaban J connectivity index is 1.09. The summed E-state index contributed by atoms with van der Waals surface area (Å²) in [5, 5.41) is 3.45.